The molecule has 12 heteroatoms. The lowest BCUT2D eigenvalue weighted by molar-refractivity contribution is -0.154. The average Bonchev–Trinajstić information content (AvgIpc) is 3.41. The van der Waals surface area contributed by atoms with Crippen LogP contribution in [0.5, 0.6) is 0 Å². The number of carbonyl (C=O) groups is 1. The van der Waals surface area contributed by atoms with E-state index in [9.17, 15) is 13.2 Å². The van der Waals surface area contributed by atoms with Crippen molar-refractivity contribution in [2.24, 2.45) is 5.41 Å². The molecular weight excluding hydrogens is 530 g/mol. The minimum absolute atomic E-state index is 0.00603. The summed E-state index contributed by atoms with van der Waals surface area (Å²) in [6.45, 7) is 12.4. The van der Waals surface area contributed by atoms with Crippen molar-refractivity contribution in [2.45, 2.75) is 84.3 Å². The molecule has 0 bridgehead atoms. The van der Waals surface area contributed by atoms with Crippen molar-refractivity contribution in [2.75, 3.05) is 6.54 Å². The van der Waals surface area contributed by atoms with E-state index in [-0.39, 0.29) is 34.1 Å². The molecule has 0 amide bonds. The normalized spacial score (nSPS) is 15.3. The lowest BCUT2D eigenvalue weighted by atomic mass is 9.76. The zero-order chi connectivity index (χ0) is 27.9. The Balaban J connectivity index is 1.51. The zero-order valence-electron chi connectivity index (χ0n) is 22.6. The fourth-order valence-electron chi connectivity index (χ4n) is 4.49. The van der Waals surface area contributed by atoms with Crippen LogP contribution in [0.25, 0.3) is 23.0 Å². The molecule has 0 saturated carbocycles. The second-order valence-corrected chi connectivity index (χ2v) is 13.4. The molecule has 4 rings (SSSR count). The molecule has 1 aliphatic carbocycles. The highest BCUT2D eigenvalue weighted by Crippen LogP contribution is 2.39. The highest BCUT2D eigenvalue weighted by Gasteiger charge is 2.32. The molecule has 2 heterocycles. The fourth-order valence-corrected chi connectivity index (χ4v) is 6.06. The third-order valence-corrected chi connectivity index (χ3v) is 8.26. The van der Waals surface area contributed by atoms with Gasteiger partial charge in [0, 0.05) is 29.9 Å². The molecule has 1 aliphatic rings. The summed E-state index contributed by atoms with van der Waals surface area (Å²) in [5.41, 5.74) is 3.10. The third-order valence-electron chi connectivity index (χ3n) is 6.31. The van der Waals surface area contributed by atoms with E-state index < -0.39 is 21.6 Å². The number of aryl methyl sites for hydroxylation is 1. The van der Waals surface area contributed by atoms with Crippen LogP contribution in [0.2, 0.25) is 5.02 Å². The number of fused-ring (bicyclic) bond motifs is 1. The van der Waals surface area contributed by atoms with E-state index in [1.807, 2.05) is 4.68 Å². The number of carbonyl (C=O) groups excluding carboxylic acids is 1. The molecule has 2 aromatic heterocycles. The number of esters is 1. The van der Waals surface area contributed by atoms with Crippen LogP contribution in [0.15, 0.2) is 27.6 Å². The first-order valence-corrected chi connectivity index (χ1v) is 14.5. The summed E-state index contributed by atoms with van der Waals surface area (Å²) in [7, 11) is -3.95. The molecule has 1 aromatic carbocycles. The first-order valence-electron chi connectivity index (χ1n) is 12.6. The van der Waals surface area contributed by atoms with Gasteiger partial charge in [0.25, 0.3) is 5.89 Å². The molecule has 0 aliphatic heterocycles. The third kappa shape index (κ3) is 6.27. The summed E-state index contributed by atoms with van der Waals surface area (Å²) in [6.07, 6.45) is 2.75. The van der Waals surface area contributed by atoms with Crippen molar-refractivity contribution in [1.82, 2.24) is 24.6 Å². The van der Waals surface area contributed by atoms with E-state index in [0.717, 1.165) is 31.4 Å². The van der Waals surface area contributed by atoms with Crippen LogP contribution in [0.4, 0.5) is 0 Å². The molecule has 3 aromatic rings. The second kappa shape index (κ2) is 10.4. The number of aromatic nitrogens is 4. The van der Waals surface area contributed by atoms with Gasteiger partial charge in [-0.2, -0.15) is 10.1 Å². The molecule has 0 saturated heterocycles. The number of rotatable bonds is 8. The quantitative estimate of drug-likeness (QED) is 0.387. The van der Waals surface area contributed by atoms with Gasteiger partial charge in [-0.25, -0.2) is 13.1 Å². The molecule has 0 unspecified atom stereocenters. The van der Waals surface area contributed by atoms with E-state index in [2.05, 4.69) is 35.6 Å². The van der Waals surface area contributed by atoms with Crippen molar-refractivity contribution >= 4 is 27.6 Å². The van der Waals surface area contributed by atoms with Crippen LogP contribution < -0.4 is 4.72 Å². The summed E-state index contributed by atoms with van der Waals surface area (Å²) in [6, 6.07) is 4.41. The van der Waals surface area contributed by atoms with Crippen LogP contribution in [-0.4, -0.2) is 46.5 Å². The van der Waals surface area contributed by atoms with Crippen LogP contribution in [0.1, 0.15) is 65.6 Å². The molecule has 0 spiro atoms. The Morgan fingerprint density at radius 1 is 1.29 bits per heavy atom. The van der Waals surface area contributed by atoms with Gasteiger partial charge in [-0.15, -0.1) is 0 Å². The number of benzene rings is 1. The van der Waals surface area contributed by atoms with E-state index in [0.29, 0.717) is 17.1 Å². The highest BCUT2D eigenvalue weighted by molar-refractivity contribution is 7.89. The number of nitrogens with one attached hydrogen (secondary N) is 1. The van der Waals surface area contributed by atoms with E-state index in [4.69, 9.17) is 26.0 Å². The Hall–Kier alpha value is -2.76. The Morgan fingerprint density at radius 2 is 2.03 bits per heavy atom. The molecule has 206 valence electrons. The number of hydrogen-bond acceptors (Lipinski definition) is 8. The summed E-state index contributed by atoms with van der Waals surface area (Å²) >= 11 is 6.35. The topological polar surface area (TPSA) is 129 Å². The predicted molar refractivity (Wildman–Crippen MR) is 143 cm³/mol. The SMILES string of the molecule is CCn1nc(-c2nc(-c3ccc(S(=O)(=O)NCCC(=O)OC(C)(C)C)c(Cl)c3)no2)c2c1CC(C)(C)CC2. The molecule has 10 nitrogen and oxygen atoms in total. The maximum atomic E-state index is 12.8. The van der Waals surface area contributed by atoms with Gasteiger partial charge in [-0.3, -0.25) is 9.48 Å². The second-order valence-electron chi connectivity index (χ2n) is 11.2. The molecule has 0 radical (unpaired) electrons. The monoisotopic (exact) mass is 563 g/mol. The smallest absolute Gasteiger partial charge is 0.307 e. The standard InChI is InChI=1S/C26H34ClN5O5S/c1-7-32-19-15-26(5,6)12-10-17(19)22(30-32)24-29-23(31-37-24)16-8-9-20(18(27)14-16)38(34,35)28-13-11-21(33)36-25(2,3)4/h8-9,14,28H,7,10-13,15H2,1-6H3. The maximum absolute atomic E-state index is 12.8. The summed E-state index contributed by atoms with van der Waals surface area (Å²) in [5.74, 6) is 0.0998. The van der Waals surface area contributed by atoms with Crippen LogP contribution in [-0.2, 0) is 38.9 Å². The Labute approximate surface area is 228 Å². The number of halogens is 1. The first kappa shape index (κ1) is 28.3. The van der Waals surface area contributed by atoms with E-state index in [1.165, 1.54) is 17.8 Å². The van der Waals surface area contributed by atoms with Gasteiger partial charge >= 0.3 is 5.97 Å². The van der Waals surface area contributed by atoms with E-state index in [1.54, 1.807) is 26.8 Å². The van der Waals surface area contributed by atoms with Crippen molar-refractivity contribution in [3.63, 3.8) is 0 Å². The lowest BCUT2D eigenvalue weighted by Crippen LogP contribution is -2.29. The van der Waals surface area contributed by atoms with Gasteiger partial charge in [0.05, 0.1) is 11.4 Å². The molecule has 1 N–H and O–H groups in total. The zero-order valence-corrected chi connectivity index (χ0v) is 24.2. The minimum atomic E-state index is -3.95. The van der Waals surface area contributed by atoms with Crippen molar-refractivity contribution < 1.29 is 22.5 Å². The van der Waals surface area contributed by atoms with Gasteiger partial charge < -0.3 is 9.26 Å². The van der Waals surface area contributed by atoms with Crippen LogP contribution in [0, 0.1) is 5.41 Å². The number of sulfonamides is 1. The first-order chi connectivity index (χ1) is 17.7. The summed E-state index contributed by atoms with van der Waals surface area (Å²) in [5, 5.41) is 8.84. The van der Waals surface area contributed by atoms with Crippen LogP contribution in [0.3, 0.4) is 0 Å². The van der Waals surface area contributed by atoms with Crippen LogP contribution >= 0.6 is 11.6 Å². The largest absolute Gasteiger partial charge is 0.460 e. The fraction of sp³-hybridized carbons (Fsp3) is 0.538. The van der Waals surface area contributed by atoms with Crippen molar-refractivity contribution in [3.8, 4) is 23.0 Å². The van der Waals surface area contributed by atoms with Gasteiger partial charge in [0.15, 0.2) is 5.69 Å². The van der Waals surface area contributed by atoms with E-state index >= 15 is 0 Å². The van der Waals surface area contributed by atoms with Gasteiger partial charge in [0.1, 0.15) is 10.5 Å². The Kier molecular flexibility index (Phi) is 7.75. The summed E-state index contributed by atoms with van der Waals surface area (Å²) < 4.78 is 40.7. The highest BCUT2D eigenvalue weighted by atomic mass is 35.5. The predicted octanol–water partition coefficient (Wildman–Crippen LogP) is 4.80. The average molecular weight is 564 g/mol. The molecule has 0 atom stereocenters. The van der Waals surface area contributed by atoms with Gasteiger partial charge in [-0.1, -0.05) is 30.6 Å². The number of ether oxygens (including phenoxy) is 1. The van der Waals surface area contributed by atoms with Crippen molar-refractivity contribution in [3.05, 3.63) is 34.5 Å². The number of hydrogen-bond donors (Lipinski definition) is 1. The lowest BCUT2D eigenvalue weighted by Gasteiger charge is -2.30. The Morgan fingerprint density at radius 3 is 2.68 bits per heavy atom. The molecule has 38 heavy (non-hydrogen) atoms. The van der Waals surface area contributed by atoms with Gasteiger partial charge in [0.2, 0.25) is 15.8 Å². The summed E-state index contributed by atoms with van der Waals surface area (Å²) in [4.78, 5) is 16.3. The number of nitrogens with zero attached hydrogens (tertiary/aromatic N) is 4. The minimum Gasteiger partial charge on any atom is -0.460 e. The maximum Gasteiger partial charge on any atom is 0.307 e. The molecular formula is C26H34ClN5O5S. The van der Waals surface area contributed by atoms with Gasteiger partial charge in [-0.05, 0) is 70.6 Å². The Bertz CT molecular complexity index is 1450. The molecule has 0 fully saturated rings. The van der Waals surface area contributed by atoms with Crippen molar-refractivity contribution in [1.29, 1.82) is 0 Å².